The second-order valence-electron chi connectivity index (χ2n) is 17.7. The van der Waals surface area contributed by atoms with Crippen LogP contribution in [0.1, 0.15) is 84.4 Å². The van der Waals surface area contributed by atoms with E-state index in [0.29, 0.717) is 52.3 Å². The lowest BCUT2D eigenvalue weighted by Crippen LogP contribution is -2.68. The summed E-state index contributed by atoms with van der Waals surface area (Å²) in [5.41, 5.74) is 2.70. The number of fused-ring (bicyclic) bond motifs is 3. The van der Waals surface area contributed by atoms with Crippen LogP contribution in [0, 0.1) is 0 Å². The maximum atomic E-state index is 7.37. The van der Waals surface area contributed by atoms with Crippen molar-refractivity contribution in [3.63, 3.8) is 0 Å². The van der Waals surface area contributed by atoms with E-state index in [1.807, 2.05) is 42.5 Å². The molecule has 4 heterocycles. The average Bonchev–Trinajstić information content (AvgIpc) is 3.25. The zero-order chi connectivity index (χ0) is 37.3. The predicted octanol–water partition coefficient (Wildman–Crippen LogP) is 8.69. The van der Waals surface area contributed by atoms with Crippen LogP contribution in [0.4, 0.5) is 0 Å². The van der Waals surface area contributed by atoms with Crippen LogP contribution >= 0.6 is 0 Å². The highest BCUT2D eigenvalue weighted by atomic mass is 28.4. The van der Waals surface area contributed by atoms with Gasteiger partial charge in [0.1, 0.15) is 17.8 Å². The van der Waals surface area contributed by atoms with Gasteiger partial charge in [-0.25, -0.2) is 0 Å². The zero-order valence-electron chi connectivity index (χ0n) is 32.7. The molecule has 0 saturated carbocycles. The molecule has 288 valence electrons. The topological polar surface area (TPSA) is 73.8 Å². The fourth-order valence-electron chi connectivity index (χ4n) is 8.99. The van der Waals surface area contributed by atoms with Gasteiger partial charge in [-0.1, -0.05) is 133 Å². The van der Waals surface area contributed by atoms with Gasteiger partial charge in [0.15, 0.2) is 0 Å². The van der Waals surface area contributed by atoms with E-state index in [4.69, 9.17) is 37.3 Å². The maximum absolute atomic E-state index is 7.37. The molecule has 9 heteroatoms. The van der Waals surface area contributed by atoms with Gasteiger partial charge < -0.3 is 37.3 Å². The van der Waals surface area contributed by atoms with Crippen LogP contribution < -0.4 is 0 Å². The largest absolute Gasteiger partial charge is 0.390 e. The summed E-state index contributed by atoms with van der Waals surface area (Å²) in [5, 5.41) is -0.310. The molecule has 53 heavy (non-hydrogen) atoms. The summed E-state index contributed by atoms with van der Waals surface area (Å²) >= 11 is 0. The molecule has 0 bridgehead atoms. The van der Waals surface area contributed by atoms with Crippen LogP contribution in [0.5, 0.6) is 0 Å². The minimum absolute atomic E-state index is 0.155. The van der Waals surface area contributed by atoms with Crippen LogP contribution in [-0.4, -0.2) is 76.2 Å². The van der Waals surface area contributed by atoms with E-state index >= 15 is 0 Å². The van der Waals surface area contributed by atoms with Gasteiger partial charge in [0.05, 0.1) is 69.7 Å². The van der Waals surface area contributed by atoms with Crippen LogP contribution in [0.15, 0.2) is 91.0 Å². The van der Waals surface area contributed by atoms with E-state index in [1.54, 1.807) is 0 Å². The summed E-state index contributed by atoms with van der Waals surface area (Å²) in [6.07, 6.45) is 0.121. The van der Waals surface area contributed by atoms with Crippen molar-refractivity contribution in [1.29, 1.82) is 0 Å². The maximum Gasteiger partial charge on any atom is 0.349 e. The molecule has 3 aromatic rings. The standard InChI is InChI=1S/C44H60O8Si/c1-42(2,3)53(43(4,5)6)48-30-44(7)40(52-53)25-37(47-28-33-21-15-10-16-22-33)41-38(51-44)24-35-36(50-41)23-34(46-27-32-19-13-9-14-20-32)39(49-35)29-45-26-31-17-11-8-12-18-31/h8-22,34-41H,23-30H2,1-7H3/t34-,35-,36+,37-,38+,39+,40+,41-,44-/m0/s1. The van der Waals surface area contributed by atoms with E-state index in [2.05, 4.69) is 97.0 Å². The Bertz CT molecular complexity index is 1580. The molecule has 4 fully saturated rings. The molecule has 0 amide bonds. The molecule has 9 atom stereocenters. The Morgan fingerprint density at radius 2 is 1.17 bits per heavy atom. The predicted molar refractivity (Wildman–Crippen MR) is 207 cm³/mol. The van der Waals surface area contributed by atoms with Crippen LogP contribution in [0.2, 0.25) is 10.1 Å². The van der Waals surface area contributed by atoms with Gasteiger partial charge in [0.2, 0.25) is 0 Å². The van der Waals surface area contributed by atoms with Crippen molar-refractivity contribution in [2.75, 3.05) is 13.2 Å². The second kappa shape index (κ2) is 16.0. The highest BCUT2D eigenvalue weighted by molar-refractivity contribution is 6.73. The van der Waals surface area contributed by atoms with Crippen molar-refractivity contribution >= 4 is 8.56 Å². The molecule has 4 saturated heterocycles. The van der Waals surface area contributed by atoms with Gasteiger partial charge in [0, 0.05) is 29.3 Å². The molecule has 0 unspecified atom stereocenters. The summed E-state index contributed by atoms with van der Waals surface area (Å²) in [5.74, 6) is 0. The van der Waals surface area contributed by atoms with Gasteiger partial charge in [-0.3, -0.25) is 0 Å². The number of hydrogen-bond acceptors (Lipinski definition) is 8. The lowest BCUT2D eigenvalue weighted by Gasteiger charge is -2.57. The van der Waals surface area contributed by atoms with Crippen molar-refractivity contribution in [1.82, 2.24) is 0 Å². The fraction of sp³-hybridized carbons (Fsp3) is 0.591. The summed E-state index contributed by atoms with van der Waals surface area (Å²) in [6, 6.07) is 30.9. The summed E-state index contributed by atoms with van der Waals surface area (Å²) in [4.78, 5) is 0. The molecule has 0 N–H and O–H groups in total. The first kappa shape index (κ1) is 38.8. The van der Waals surface area contributed by atoms with Crippen molar-refractivity contribution in [3.05, 3.63) is 108 Å². The Hall–Kier alpha value is -2.44. The molecule has 8 nitrogen and oxygen atoms in total. The van der Waals surface area contributed by atoms with E-state index < -0.39 is 14.2 Å². The summed E-state index contributed by atoms with van der Waals surface area (Å²) in [7, 11) is -2.78. The van der Waals surface area contributed by atoms with E-state index in [1.165, 1.54) is 0 Å². The molecule has 3 aromatic carbocycles. The first-order valence-electron chi connectivity index (χ1n) is 19.6. The molecule has 0 spiro atoms. The Morgan fingerprint density at radius 3 is 1.74 bits per heavy atom. The SMILES string of the molecule is CC(C)(C)[Si]1(C(C)(C)C)OC[C@]2(C)O[C@@H]3C[C@@H]4O[C@H](COCc5ccccc5)[C@@H](OCc5ccccc5)C[C@H]4O[C@H]3[C@@H](OCc3ccccc3)C[C@H]2O1. The third-order valence-corrected chi connectivity index (χ3v) is 16.7. The molecule has 7 rings (SSSR count). The van der Waals surface area contributed by atoms with Crippen LogP contribution in [0.3, 0.4) is 0 Å². The van der Waals surface area contributed by atoms with Crippen molar-refractivity contribution in [2.24, 2.45) is 0 Å². The van der Waals surface area contributed by atoms with Crippen LogP contribution in [-0.2, 0) is 57.1 Å². The summed E-state index contributed by atoms with van der Waals surface area (Å²) < 4.78 is 55.4. The van der Waals surface area contributed by atoms with Gasteiger partial charge in [-0.2, -0.15) is 0 Å². The van der Waals surface area contributed by atoms with Gasteiger partial charge in [0.25, 0.3) is 0 Å². The Morgan fingerprint density at radius 1 is 0.642 bits per heavy atom. The molecule has 0 radical (unpaired) electrons. The third kappa shape index (κ3) is 8.54. The minimum Gasteiger partial charge on any atom is -0.390 e. The fourth-order valence-corrected chi connectivity index (χ4v) is 14.1. The van der Waals surface area contributed by atoms with E-state index in [-0.39, 0.29) is 58.9 Å². The number of rotatable bonds is 10. The molecule has 4 aliphatic heterocycles. The van der Waals surface area contributed by atoms with Crippen LogP contribution in [0.25, 0.3) is 0 Å². The van der Waals surface area contributed by atoms with E-state index in [9.17, 15) is 0 Å². The van der Waals surface area contributed by atoms with Crippen molar-refractivity contribution in [2.45, 2.75) is 152 Å². The third-order valence-electron chi connectivity index (χ3n) is 11.6. The number of hydrogen-bond donors (Lipinski definition) is 0. The minimum atomic E-state index is -2.78. The van der Waals surface area contributed by atoms with Gasteiger partial charge in [-0.15, -0.1) is 0 Å². The molecular weight excluding hydrogens is 685 g/mol. The lowest BCUT2D eigenvalue weighted by molar-refractivity contribution is -0.287. The normalized spacial score (nSPS) is 32.9. The zero-order valence-corrected chi connectivity index (χ0v) is 33.7. The molecule has 0 aliphatic carbocycles. The van der Waals surface area contributed by atoms with Crippen molar-refractivity contribution in [3.8, 4) is 0 Å². The monoisotopic (exact) mass is 744 g/mol. The lowest BCUT2D eigenvalue weighted by atomic mass is 9.88. The highest BCUT2D eigenvalue weighted by Gasteiger charge is 2.66. The van der Waals surface area contributed by atoms with Gasteiger partial charge >= 0.3 is 8.56 Å². The van der Waals surface area contributed by atoms with Gasteiger partial charge in [-0.05, 0) is 23.6 Å². The molecule has 0 aromatic heterocycles. The summed E-state index contributed by atoms with van der Waals surface area (Å²) in [6.45, 7) is 18.1. The second-order valence-corrected chi connectivity index (χ2v) is 22.5. The Kier molecular flexibility index (Phi) is 11.7. The smallest absolute Gasteiger partial charge is 0.349 e. The van der Waals surface area contributed by atoms with E-state index in [0.717, 1.165) is 16.7 Å². The number of ether oxygens (including phenoxy) is 6. The highest BCUT2D eigenvalue weighted by Crippen LogP contribution is 2.57. The van der Waals surface area contributed by atoms with Crippen molar-refractivity contribution < 1.29 is 37.3 Å². The molecule has 4 aliphatic rings. The first-order valence-corrected chi connectivity index (χ1v) is 21.4. The Balaban J connectivity index is 1.14. The average molecular weight is 745 g/mol. The molecular formula is C44H60O8Si. The first-order chi connectivity index (χ1) is 25.3. The number of benzene rings is 3. The Labute approximate surface area is 318 Å². The quantitative estimate of drug-likeness (QED) is 0.191.